The normalized spacial score (nSPS) is 20.3. The van der Waals surface area contributed by atoms with Crippen LogP contribution in [-0.4, -0.2) is 38.8 Å². The van der Waals surface area contributed by atoms with E-state index in [1.807, 2.05) is 0 Å². The quantitative estimate of drug-likeness (QED) is 0.757. The van der Waals surface area contributed by atoms with Crippen LogP contribution in [0.2, 0.25) is 0 Å². The highest BCUT2D eigenvalue weighted by molar-refractivity contribution is 7.91. The number of nitrogens with two attached hydrogens (primary N) is 1. The Morgan fingerprint density at radius 1 is 1.04 bits per heavy atom. The predicted molar refractivity (Wildman–Crippen MR) is 96.8 cm³/mol. The molecule has 1 aromatic heterocycles. The summed E-state index contributed by atoms with van der Waals surface area (Å²) in [6, 6.07) is 15.1. The van der Waals surface area contributed by atoms with Crippen LogP contribution in [0.25, 0.3) is 10.9 Å². The van der Waals surface area contributed by atoms with Gasteiger partial charge in [0.05, 0.1) is 34.6 Å². The Kier molecular flexibility index (Phi) is 4.36. The van der Waals surface area contributed by atoms with E-state index >= 15 is 0 Å². The Bertz CT molecular complexity index is 1040. The average molecular weight is 370 g/mol. The number of hydrogen-bond acceptors (Lipinski definition) is 6. The van der Waals surface area contributed by atoms with Crippen LogP contribution in [0.5, 0.6) is 5.75 Å². The third-order valence-corrected chi connectivity index (χ3v) is 6.09. The van der Waals surface area contributed by atoms with Crippen molar-refractivity contribution in [1.82, 2.24) is 4.98 Å². The molecule has 1 saturated heterocycles. The number of fused-ring (bicyclic) bond motifs is 1. The fraction of sp³-hybridized carbons (Fsp3) is 0.211. The smallest absolute Gasteiger partial charge is 0.208 e. The molecular formula is C19H18N2O4S. The van der Waals surface area contributed by atoms with E-state index in [9.17, 15) is 8.42 Å². The number of ether oxygens (including phenoxy) is 2. The molecule has 2 atom stereocenters. The first kappa shape index (κ1) is 17.0. The van der Waals surface area contributed by atoms with Gasteiger partial charge in [0.25, 0.3) is 0 Å². The highest BCUT2D eigenvalue weighted by Crippen LogP contribution is 2.26. The largest absolute Gasteiger partial charge is 0.486 e. The van der Waals surface area contributed by atoms with Crippen LogP contribution in [-0.2, 0) is 14.6 Å². The van der Waals surface area contributed by atoms with Crippen molar-refractivity contribution in [2.24, 2.45) is 5.73 Å². The van der Waals surface area contributed by atoms with Gasteiger partial charge in [-0.3, -0.25) is 4.98 Å². The maximum Gasteiger partial charge on any atom is 0.208 e. The summed E-state index contributed by atoms with van der Waals surface area (Å²) in [5.41, 5.74) is 6.63. The van der Waals surface area contributed by atoms with Gasteiger partial charge in [-0.1, -0.05) is 18.2 Å². The maximum absolute atomic E-state index is 12.8. The highest BCUT2D eigenvalue weighted by atomic mass is 32.2. The van der Waals surface area contributed by atoms with Gasteiger partial charge in [-0.2, -0.15) is 0 Å². The van der Waals surface area contributed by atoms with Gasteiger partial charge in [0.2, 0.25) is 9.84 Å². The van der Waals surface area contributed by atoms with Crippen molar-refractivity contribution in [2.75, 3.05) is 13.2 Å². The molecule has 2 N–H and O–H groups in total. The number of pyridine rings is 1. The summed E-state index contributed by atoms with van der Waals surface area (Å²) in [5.74, 6) is 0.611. The number of aromatic nitrogens is 1. The van der Waals surface area contributed by atoms with Crippen molar-refractivity contribution in [2.45, 2.75) is 21.9 Å². The third-order valence-electron chi connectivity index (χ3n) is 4.35. The Labute approximate surface area is 151 Å². The third kappa shape index (κ3) is 3.16. The molecule has 1 aliphatic rings. The molecule has 0 spiro atoms. The lowest BCUT2D eigenvalue weighted by molar-refractivity contribution is 0.140. The summed E-state index contributed by atoms with van der Waals surface area (Å²) >= 11 is 0. The molecule has 0 aliphatic carbocycles. The zero-order valence-electron chi connectivity index (χ0n) is 13.9. The first-order chi connectivity index (χ1) is 12.5. The van der Waals surface area contributed by atoms with Crippen LogP contribution in [0.15, 0.2) is 70.6 Å². The van der Waals surface area contributed by atoms with Crippen LogP contribution in [0.1, 0.15) is 0 Å². The molecule has 134 valence electrons. The first-order valence-electron chi connectivity index (χ1n) is 8.24. The van der Waals surface area contributed by atoms with E-state index in [0.717, 1.165) is 0 Å². The Morgan fingerprint density at radius 3 is 2.58 bits per heavy atom. The van der Waals surface area contributed by atoms with E-state index in [-0.39, 0.29) is 21.9 Å². The molecule has 0 unspecified atom stereocenters. The zero-order chi connectivity index (χ0) is 18.1. The van der Waals surface area contributed by atoms with Gasteiger partial charge >= 0.3 is 0 Å². The predicted octanol–water partition coefficient (Wildman–Crippen LogP) is 2.17. The van der Waals surface area contributed by atoms with E-state index in [4.69, 9.17) is 15.2 Å². The lowest BCUT2D eigenvalue weighted by Crippen LogP contribution is -2.37. The second-order valence-corrected chi connectivity index (χ2v) is 8.15. The first-order valence-corrected chi connectivity index (χ1v) is 9.72. The molecule has 0 amide bonds. The van der Waals surface area contributed by atoms with E-state index in [2.05, 4.69) is 4.98 Å². The minimum absolute atomic E-state index is 0.147. The van der Waals surface area contributed by atoms with Crippen LogP contribution < -0.4 is 10.5 Å². The average Bonchev–Trinajstić information content (AvgIpc) is 3.06. The van der Waals surface area contributed by atoms with Crippen molar-refractivity contribution in [1.29, 1.82) is 0 Å². The summed E-state index contributed by atoms with van der Waals surface area (Å²) in [4.78, 5) is 4.66. The van der Waals surface area contributed by atoms with Gasteiger partial charge in [-0.05, 0) is 36.4 Å². The minimum atomic E-state index is -3.62. The van der Waals surface area contributed by atoms with E-state index < -0.39 is 9.84 Å². The van der Waals surface area contributed by atoms with E-state index in [1.165, 1.54) is 6.20 Å². The highest BCUT2D eigenvalue weighted by Gasteiger charge is 2.26. The number of nitrogens with zero attached hydrogens (tertiary/aromatic N) is 1. The minimum Gasteiger partial charge on any atom is -0.486 e. The van der Waals surface area contributed by atoms with Crippen molar-refractivity contribution < 1.29 is 17.9 Å². The zero-order valence-corrected chi connectivity index (χ0v) is 14.7. The molecule has 1 fully saturated rings. The molecule has 0 bridgehead atoms. The topological polar surface area (TPSA) is 91.5 Å². The second kappa shape index (κ2) is 6.68. The fourth-order valence-electron chi connectivity index (χ4n) is 2.89. The summed E-state index contributed by atoms with van der Waals surface area (Å²) in [6.07, 6.45) is 1.17. The van der Waals surface area contributed by atoms with Crippen LogP contribution in [0.4, 0.5) is 0 Å². The van der Waals surface area contributed by atoms with E-state index in [0.29, 0.717) is 29.9 Å². The van der Waals surface area contributed by atoms with Gasteiger partial charge in [-0.25, -0.2) is 8.42 Å². The molecule has 6 nitrogen and oxygen atoms in total. The Balaban J connectivity index is 1.70. The molecule has 0 radical (unpaired) electrons. The standard InChI is InChI=1S/C19H18N2O4S/c20-17-11-24-12-19(17)25-14-6-7-18-13(8-14)9-16(10-21-18)26(22,23)15-4-2-1-3-5-15/h1-10,17,19H,11-12,20H2/t17-,19-/m0/s1. The van der Waals surface area contributed by atoms with Crippen molar-refractivity contribution in [3.05, 3.63) is 60.8 Å². The van der Waals surface area contributed by atoms with Gasteiger partial charge in [-0.15, -0.1) is 0 Å². The molecule has 2 aromatic carbocycles. The lowest BCUT2D eigenvalue weighted by Gasteiger charge is -2.16. The summed E-state index contributed by atoms with van der Waals surface area (Å²) in [5, 5.41) is 0.687. The van der Waals surface area contributed by atoms with Crippen molar-refractivity contribution >= 4 is 20.7 Å². The monoisotopic (exact) mass is 370 g/mol. The van der Waals surface area contributed by atoms with Gasteiger partial charge < -0.3 is 15.2 Å². The maximum atomic E-state index is 12.8. The number of sulfone groups is 1. The number of benzene rings is 2. The van der Waals surface area contributed by atoms with Crippen molar-refractivity contribution in [3.8, 4) is 5.75 Å². The van der Waals surface area contributed by atoms with Gasteiger partial charge in [0.15, 0.2) is 0 Å². The van der Waals surface area contributed by atoms with Gasteiger partial charge in [0.1, 0.15) is 11.9 Å². The molecule has 0 saturated carbocycles. The summed E-state index contributed by atoms with van der Waals surface area (Å²) in [7, 11) is -3.62. The van der Waals surface area contributed by atoms with Gasteiger partial charge in [0, 0.05) is 11.6 Å². The SMILES string of the molecule is N[C@H]1COC[C@@H]1Oc1ccc2ncc(S(=O)(=O)c3ccccc3)cc2c1. The van der Waals surface area contributed by atoms with E-state index in [1.54, 1.807) is 54.6 Å². The molecule has 4 rings (SSSR count). The fourth-order valence-corrected chi connectivity index (χ4v) is 4.15. The van der Waals surface area contributed by atoms with Crippen molar-refractivity contribution in [3.63, 3.8) is 0 Å². The molecule has 3 aromatic rings. The summed E-state index contributed by atoms with van der Waals surface area (Å²) < 4.78 is 36.7. The molecule has 2 heterocycles. The van der Waals surface area contributed by atoms with Crippen LogP contribution >= 0.6 is 0 Å². The Morgan fingerprint density at radius 2 is 1.85 bits per heavy atom. The second-order valence-electron chi connectivity index (χ2n) is 6.20. The summed E-state index contributed by atoms with van der Waals surface area (Å²) in [6.45, 7) is 0.916. The molecule has 1 aliphatic heterocycles. The Hall–Kier alpha value is -2.48. The van der Waals surface area contributed by atoms with Crippen LogP contribution in [0, 0.1) is 0 Å². The lowest BCUT2D eigenvalue weighted by atomic mass is 10.2. The molecular weight excluding hydrogens is 352 g/mol. The van der Waals surface area contributed by atoms with Crippen LogP contribution in [0.3, 0.4) is 0 Å². The number of hydrogen-bond donors (Lipinski definition) is 1. The number of rotatable bonds is 4. The molecule has 26 heavy (non-hydrogen) atoms. The molecule has 7 heteroatoms.